The summed E-state index contributed by atoms with van der Waals surface area (Å²) in [6, 6.07) is 0. The van der Waals surface area contributed by atoms with E-state index in [4.69, 9.17) is 4.74 Å². The average Bonchev–Trinajstić information content (AvgIpc) is 2.46. The van der Waals surface area contributed by atoms with E-state index in [2.05, 4.69) is 0 Å². The van der Waals surface area contributed by atoms with Crippen LogP contribution in [0, 0.1) is 5.41 Å². The maximum absolute atomic E-state index is 12.3. The van der Waals surface area contributed by atoms with E-state index in [9.17, 15) is 15.0 Å². The summed E-state index contributed by atoms with van der Waals surface area (Å²) in [5.74, 6) is 1.69. The lowest BCUT2D eigenvalue weighted by Gasteiger charge is -2.52. The summed E-state index contributed by atoms with van der Waals surface area (Å²) in [6.45, 7) is 6.44. The monoisotopic (exact) mass is 331 g/mol. The predicted molar refractivity (Wildman–Crippen MR) is 88.1 cm³/mol. The summed E-state index contributed by atoms with van der Waals surface area (Å²) in [5, 5.41) is 21.2. The van der Waals surface area contributed by atoms with Crippen molar-refractivity contribution in [3.05, 3.63) is 0 Å². The third-order valence-electron chi connectivity index (χ3n) is 4.74. The second-order valence-corrected chi connectivity index (χ2v) is 8.74. The Labute approximate surface area is 137 Å². The summed E-state index contributed by atoms with van der Waals surface area (Å²) in [4.78, 5) is 14.0. The molecule has 0 radical (unpaired) electrons. The van der Waals surface area contributed by atoms with E-state index in [0.29, 0.717) is 25.3 Å². The van der Waals surface area contributed by atoms with Gasteiger partial charge in [0.1, 0.15) is 5.60 Å². The minimum atomic E-state index is -0.897. The molecule has 0 aliphatic carbocycles. The number of rotatable bonds is 2. The maximum atomic E-state index is 12.3. The third kappa shape index (κ3) is 3.71. The lowest BCUT2D eigenvalue weighted by molar-refractivity contribution is -0.130. The standard InChI is InChI=1S/C16H29NO4S/c1-14(2,3)21-13(19)17-8-4-6-15(10-17,11-18)16(20)7-5-9-22-12-16/h18,20H,4-12H2,1-3H3. The molecule has 2 unspecified atom stereocenters. The van der Waals surface area contributed by atoms with Crippen molar-refractivity contribution in [3.63, 3.8) is 0 Å². The van der Waals surface area contributed by atoms with E-state index >= 15 is 0 Å². The lowest BCUT2D eigenvalue weighted by atomic mass is 9.66. The molecule has 2 fully saturated rings. The molecule has 2 aliphatic heterocycles. The Morgan fingerprint density at radius 2 is 2.05 bits per heavy atom. The van der Waals surface area contributed by atoms with Crippen molar-refractivity contribution in [1.82, 2.24) is 4.90 Å². The molecule has 6 heteroatoms. The summed E-state index contributed by atoms with van der Waals surface area (Å²) in [6.07, 6.45) is 2.84. The highest BCUT2D eigenvalue weighted by molar-refractivity contribution is 7.99. The van der Waals surface area contributed by atoms with Gasteiger partial charge in [0.05, 0.1) is 12.2 Å². The van der Waals surface area contributed by atoms with Crippen molar-refractivity contribution in [2.45, 2.75) is 57.7 Å². The van der Waals surface area contributed by atoms with Crippen LogP contribution in [-0.4, -0.2) is 63.6 Å². The van der Waals surface area contributed by atoms with Gasteiger partial charge in [-0.15, -0.1) is 0 Å². The Bertz CT molecular complexity index is 403. The molecule has 2 rings (SSSR count). The van der Waals surface area contributed by atoms with Crippen LogP contribution in [0.25, 0.3) is 0 Å². The van der Waals surface area contributed by atoms with Crippen molar-refractivity contribution in [2.75, 3.05) is 31.2 Å². The Morgan fingerprint density at radius 3 is 2.59 bits per heavy atom. The van der Waals surface area contributed by atoms with Crippen molar-refractivity contribution in [2.24, 2.45) is 5.41 Å². The Hall–Kier alpha value is -0.460. The van der Waals surface area contributed by atoms with Crippen LogP contribution in [0.1, 0.15) is 46.5 Å². The zero-order chi connectivity index (χ0) is 16.4. The van der Waals surface area contributed by atoms with Gasteiger partial charge in [-0.25, -0.2) is 4.79 Å². The van der Waals surface area contributed by atoms with Gasteiger partial charge in [-0.2, -0.15) is 11.8 Å². The van der Waals surface area contributed by atoms with Crippen molar-refractivity contribution >= 4 is 17.9 Å². The molecule has 0 spiro atoms. The molecule has 2 atom stereocenters. The van der Waals surface area contributed by atoms with Gasteiger partial charge in [-0.3, -0.25) is 0 Å². The van der Waals surface area contributed by atoms with Crippen LogP contribution < -0.4 is 0 Å². The first-order valence-corrected chi connectivity index (χ1v) is 9.26. The molecule has 0 bridgehead atoms. The summed E-state index contributed by atoms with van der Waals surface area (Å²) in [5.41, 5.74) is -2.06. The number of carbonyl (C=O) groups excluding carboxylic acids is 1. The van der Waals surface area contributed by atoms with Crippen LogP contribution in [0.4, 0.5) is 4.79 Å². The molecule has 1 amide bonds. The minimum absolute atomic E-state index is 0.0939. The van der Waals surface area contributed by atoms with E-state index in [1.165, 1.54) is 0 Å². The highest BCUT2D eigenvalue weighted by Gasteiger charge is 2.53. The highest BCUT2D eigenvalue weighted by atomic mass is 32.2. The summed E-state index contributed by atoms with van der Waals surface area (Å²) in [7, 11) is 0. The van der Waals surface area contributed by atoms with E-state index < -0.39 is 16.6 Å². The fraction of sp³-hybridized carbons (Fsp3) is 0.938. The molecule has 0 aromatic rings. The maximum Gasteiger partial charge on any atom is 0.410 e. The normalized spacial score (nSPS) is 33.6. The number of nitrogens with zero attached hydrogens (tertiary/aromatic N) is 1. The van der Waals surface area contributed by atoms with E-state index in [0.717, 1.165) is 25.0 Å². The minimum Gasteiger partial charge on any atom is -0.444 e. The SMILES string of the molecule is CC(C)(C)OC(=O)N1CCCC(CO)(C2(O)CCCSC2)C1. The van der Waals surface area contributed by atoms with Crippen molar-refractivity contribution < 1.29 is 19.7 Å². The fourth-order valence-electron chi connectivity index (χ4n) is 3.47. The summed E-state index contributed by atoms with van der Waals surface area (Å²) < 4.78 is 5.45. The molecule has 2 saturated heterocycles. The van der Waals surface area contributed by atoms with Gasteiger partial charge in [0.25, 0.3) is 0 Å². The Morgan fingerprint density at radius 1 is 1.32 bits per heavy atom. The average molecular weight is 331 g/mol. The van der Waals surface area contributed by atoms with Crippen LogP contribution in [0.3, 0.4) is 0 Å². The molecule has 22 heavy (non-hydrogen) atoms. The van der Waals surface area contributed by atoms with E-state index in [1.54, 1.807) is 16.7 Å². The van der Waals surface area contributed by atoms with Gasteiger partial charge >= 0.3 is 6.09 Å². The number of carbonyl (C=O) groups is 1. The first-order valence-electron chi connectivity index (χ1n) is 8.10. The third-order valence-corrected chi connectivity index (χ3v) is 6.00. The number of hydrogen-bond acceptors (Lipinski definition) is 5. The van der Waals surface area contributed by atoms with Crippen molar-refractivity contribution in [1.29, 1.82) is 0 Å². The molecule has 0 aromatic heterocycles. The Kier molecular flexibility index (Phi) is 5.34. The zero-order valence-electron chi connectivity index (χ0n) is 13.9. The molecule has 2 aliphatic rings. The van der Waals surface area contributed by atoms with Gasteiger partial charge < -0.3 is 19.8 Å². The second kappa shape index (κ2) is 6.57. The van der Waals surface area contributed by atoms with Crippen LogP contribution >= 0.6 is 11.8 Å². The van der Waals surface area contributed by atoms with Gasteiger partial charge in [-0.05, 0) is 52.2 Å². The number of amides is 1. The Balaban J connectivity index is 2.14. The van der Waals surface area contributed by atoms with Crippen molar-refractivity contribution in [3.8, 4) is 0 Å². The predicted octanol–water partition coefficient (Wildman–Crippen LogP) is 2.25. The first kappa shape index (κ1) is 17.9. The van der Waals surface area contributed by atoms with Gasteiger partial charge in [0, 0.05) is 24.3 Å². The highest BCUT2D eigenvalue weighted by Crippen LogP contribution is 2.46. The van der Waals surface area contributed by atoms with Gasteiger partial charge in [0.15, 0.2) is 0 Å². The molecule has 5 nitrogen and oxygen atoms in total. The van der Waals surface area contributed by atoms with Gasteiger partial charge in [-0.1, -0.05) is 0 Å². The van der Waals surface area contributed by atoms with E-state index in [-0.39, 0.29) is 12.7 Å². The molecule has 0 aromatic carbocycles. The molecular formula is C16H29NO4S. The fourth-order valence-corrected chi connectivity index (χ4v) is 4.75. The molecule has 2 N–H and O–H groups in total. The summed E-state index contributed by atoms with van der Waals surface area (Å²) >= 11 is 1.73. The molecular weight excluding hydrogens is 302 g/mol. The second-order valence-electron chi connectivity index (χ2n) is 7.63. The lowest BCUT2D eigenvalue weighted by Crippen LogP contribution is -2.62. The van der Waals surface area contributed by atoms with Crippen LogP contribution in [0.15, 0.2) is 0 Å². The first-order chi connectivity index (χ1) is 10.2. The number of aliphatic hydroxyl groups excluding tert-OH is 1. The van der Waals surface area contributed by atoms with Crippen LogP contribution in [0.2, 0.25) is 0 Å². The smallest absolute Gasteiger partial charge is 0.410 e. The number of thioether (sulfide) groups is 1. The number of aliphatic hydroxyl groups is 2. The number of likely N-dealkylation sites (tertiary alicyclic amines) is 1. The van der Waals surface area contributed by atoms with E-state index in [1.807, 2.05) is 20.8 Å². The zero-order valence-corrected chi connectivity index (χ0v) is 14.7. The number of piperidine rings is 1. The number of hydrogen-bond donors (Lipinski definition) is 2. The van der Waals surface area contributed by atoms with Crippen LogP contribution in [0.5, 0.6) is 0 Å². The molecule has 128 valence electrons. The molecule has 2 heterocycles. The van der Waals surface area contributed by atoms with Crippen LogP contribution in [-0.2, 0) is 4.74 Å². The topological polar surface area (TPSA) is 70.0 Å². The number of ether oxygens (including phenoxy) is 1. The van der Waals surface area contributed by atoms with Gasteiger partial charge in [0.2, 0.25) is 0 Å². The largest absolute Gasteiger partial charge is 0.444 e. The molecule has 0 saturated carbocycles. The quantitative estimate of drug-likeness (QED) is 0.812.